The maximum atomic E-state index is 5.77. The summed E-state index contributed by atoms with van der Waals surface area (Å²) in [6.07, 6.45) is 7.99. The normalized spacial score (nSPS) is 16.5. The molecule has 0 bridgehead atoms. The van der Waals surface area contributed by atoms with Gasteiger partial charge in [-0.2, -0.15) is 0 Å². The summed E-state index contributed by atoms with van der Waals surface area (Å²) in [5.74, 6) is 0.971. The molecule has 1 fully saturated rings. The minimum Gasteiger partial charge on any atom is -0.494 e. The molecule has 0 aromatic heterocycles. The Morgan fingerprint density at radius 3 is 2.79 bits per heavy atom. The first-order chi connectivity index (χ1) is 9.25. The van der Waals surface area contributed by atoms with Gasteiger partial charge in [-0.25, -0.2) is 0 Å². The van der Waals surface area contributed by atoms with Gasteiger partial charge in [-0.15, -0.1) is 0 Å². The third-order valence-corrected chi connectivity index (χ3v) is 4.65. The predicted molar refractivity (Wildman–Crippen MR) is 83.9 cm³/mol. The Morgan fingerprint density at radius 2 is 2.05 bits per heavy atom. The first kappa shape index (κ1) is 14.9. The molecule has 1 aliphatic rings. The summed E-state index contributed by atoms with van der Waals surface area (Å²) in [5.41, 5.74) is 1.22. The van der Waals surface area contributed by atoms with Crippen LogP contribution in [0.4, 0.5) is 0 Å². The summed E-state index contributed by atoms with van der Waals surface area (Å²) in [4.78, 5) is 0. The van der Waals surface area contributed by atoms with Crippen molar-refractivity contribution in [2.45, 2.75) is 51.5 Å². The lowest BCUT2D eigenvalue weighted by atomic mass is 9.95. The van der Waals surface area contributed by atoms with E-state index in [1.165, 1.54) is 37.7 Å². The number of rotatable bonds is 6. The Bertz CT molecular complexity index is 388. The van der Waals surface area contributed by atoms with Crippen molar-refractivity contribution in [3.8, 4) is 5.75 Å². The molecule has 19 heavy (non-hydrogen) atoms. The third kappa shape index (κ3) is 5.15. The fourth-order valence-electron chi connectivity index (χ4n) is 2.58. The van der Waals surface area contributed by atoms with Crippen molar-refractivity contribution in [1.82, 2.24) is 5.32 Å². The van der Waals surface area contributed by atoms with Gasteiger partial charge in [0.2, 0.25) is 0 Å². The fourth-order valence-corrected chi connectivity index (χ4v) is 2.83. The van der Waals surface area contributed by atoms with Crippen molar-refractivity contribution in [3.05, 3.63) is 28.2 Å². The Morgan fingerprint density at radius 1 is 1.26 bits per heavy atom. The molecule has 2 nitrogen and oxygen atoms in total. The van der Waals surface area contributed by atoms with Gasteiger partial charge in [0.25, 0.3) is 0 Å². The van der Waals surface area contributed by atoms with Gasteiger partial charge in [0.15, 0.2) is 0 Å². The zero-order valence-electron chi connectivity index (χ0n) is 11.8. The summed E-state index contributed by atoms with van der Waals surface area (Å²) >= 11 is 3.50. The highest BCUT2D eigenvalue weighted by molar-refractivity contribution is 9.10. The Labute approximate surface area is 125 Å². The third-order valence-electron chi connectivity index (χ3n) is 3.76. The zero-order chi connectivity index (χ0) is 13.5. The van der Waals surface area contributed by atoms with Crippen LogP contribution in [0.15, 0.2) is 22.7 Å². The molecule has 0 atom stereocenters. The van der Waals surface area contributed by atoms with Crippen molar-refractivity contribution in [1.29, 1.82) is 0 Å². The van der Waals surface area contributed by atoms with Crippen molar-refractivity contribution in [2.24, 2.45) is 0 Å². The van der Waals surface area contributed by atoms with Crippen molar-refractivity contribution in [3.63, 3.8) is 0 Å². The molecule has 1 saturated carbocycles. The lowest BCUT2D eigenvalue weighted by molar-refractivity contribution is 0.296. The lowest BCUT2D eigenvalue weighted by Crippen LogP contribution is -2.32. The Balaban J connectivity index is 1.59. The summed E-state index contributed by atoms with van der Waals surface area (Å²) in [6, 6.07) is 6.90. The van der Waals surface area contributed by atoms with E-state index < -0.39 is 0 Å². The molecular formula is C16H24BrNO. The highest BCUT2D eigenvalue weighted by atomic mass is 79.9. The van der Waals surface area contributed by atoms with Gasteiger partial charge in [0.05, 0.1) is 6.61 Å². The van der Waals surface area contributed by atoms with Crippen LogP contribution in [0.2, 0.25) is 0 Å². The van der Waals surface area contributed by atoms with Crippen molar-refractivity contribution >= 4 is 15.9 Å². The van der Waals surface area contributed by atoms with Gasteiger partial charge < -0.3 is 10.1 Å². The second-order valence-electron chi connectivity index (χ2n) is 5.40. The van der Waals surface area contributed by atoms with Crippen LogP contribution in [-0.4, -0.2) is 19.2 Å². The highest BCUT2D eigenvalue weighted by Crippen LogP contribution is 2.21. The topological polar surface area (TPSA) is 21.3 Å². The summed E-state index contributed by atoms with van der Waals surface area (Å²) in [7, 11) is 0. The van der Waals surface area contributed by atoms with Crippen LogP contribution in [0.5, 0.6) is 5.75 Å². The molecule has 106 valence electrons. The molecule has 2 rings (SSSR count). The molecule has 1 aromatic carbocycles. The second-order valence-corrected chi connectivity index (χ2v) is 6.26. The molecule has 0 saturated heterocycles. The van der Waals surface area contributed by atoms with Gasteiger partial charge in [-0.1, -0.05) is 35.2 Å². The summed E-state index contributed by atoms with van der Waals surface area (Å²) in [6.45, 7) is 3.95. The van der Waals surface area contributed by atoms with Gasteiger partial charge in [0.1, 0.15) is 5.75 Å². The number of nitrogens with one attached hydrogen (secondary N) is 1. The average molecular weight is 326 g/mol. The number of aryl methyl sites for hydroxylation is 1. The number of hydrogen-bond acceptors (Lipinski definition) is 2. The van der Waals surface area contributed by atoms with Crippen LogP contribution in [0.25, 0.3) is 0 Å². The van der Waals surface area contributed by atoms with E-state index in [2.05, 4.69) is 34.2 Å². The van der Waals surface area contributed by atoms with E-state index in [9.17, 15) is 0 Å². The number of hydrogen-bond donors (Lipinski definition) is 1. The van der Waals surface area contributed by atoms with E-state index in [1.807, 2.05) is 12.1 Å². The van der Waals surface area contributed by atoms with E-state index in [-0.39, 0.29) is 0 Å². The molecule has 0 heterocycles. The molecule has 3 heteroatoms. The van der Waals surface area contributed by atoms with E-state index in [4.69, 9.17) is 4.74 Å². The smallest absolute Gasteiger partial charge is 0.119 e. The maximum absolute atomic E-state index is 5.77. The highest BCUT2D eigenvalue weighted by Gasteiger charge is 2.11. The Hall–Kier alpha value is -0.540. The molecule has 0 radical (unpaired) electrons. The monoisotopic (exact) mass is 325 g/mol. The minimum absolute atomic E-state index is 0.753. The Kier molecular flexibility index (Phi) is 6.18. The van der Waals surface area contributed by atoms with E-state index in [1.54, 1.807) is 0 Å². The van der Waals surface area contributed by atoms with E-state index >= 15 is 0 Å². The summed E-state index contributed by atoms with van der Waals surface area (Å²) in [5, 5.41) is 3.64. The number of ether oxygens (including phenoxy) is 1. The van der Waals surface area contributed by atoms with Gasteiger partial charge in [-0.05, 0) is 56.5 Å². The minimum atomic E-state index is 0.753. The molecule has 1 aliphatic carbocycles. The van der Waals surface area contributed by atoms with Crippen LogP contribution in [0.1, 0.15) is 44.1 Å². The lowest BCUT2D eigenvalue weighted by Gasteiger charge is -2.22. The van der Waals surface area contributed by atoms with Crippen LogP contribution >= 0.6 is 15.9 Å². The SMILES string of the molecule is Cc1cc(OCCCNC2CCCCC2)ccc1Br. The number of benzene rings is 1. The first-order valence-electron chi connectivity index (χ1n) is 7.38. The van der Waals surface area contributed by atoms with Crippen molar-refractivity contribution < 1.29 is 4.74 Å². The summed E-state index contributed by atoms with van der Waals surface area (Å²) < 4.78 is 6.91. The second kappa shape index (κ2) is 7.91. The molecule has 0 aliphatic heterocycles. The van der Waals surface area contributed by atoms with Crippen LogP contribution in [-0.2, 0) is 0 Å². The van der Waals surface area contributed by atoms with Crippen LogP contribution < -0.4 is 10.1 Å². The average Bonchev–Trinajstić information content (AvgIpc) is 2.43. The molecule has 0 amide bonds. The predicted octanol–water partition coefficient (Wildman–Crippen LogP) is 4.45. The standard InChI is InChI=1S/C16H24BrNO/c1-13-12-15(8-9-16(13)17)19-11-5-10-18-14-6-3-2-4-7-14/h8-9,12,14,18H,2-7,10-11H2,1H3. The first-order valence-corrected chi connectivity index (χ1v) is 8.17. The number of halogens is 1. The fraction of sp³-hybridized carbons (Fsp3) is 0.625. The van der Waals surface area contributed by atoms with E-state index in [0.29, 0.717) is 0 Å². The van der Waals surface area contributed by atoms with Gasteiger partial charge in [0, 0.05) is 10.5 Å². The molecular weight excluding hydrogens is 302 g/mol. The molecule has 0 spiro atoms. The maximum Gasteiger partial charge on any atom is 0.119 e. The van der Waals surface area contributed by atoms with E-state index in [0.717, 1.165) is 35.8 Å². The van der Waals surface area contributed by atoms with Crippen molar-refractivity contribution in [2.75, 3.05) is 13.2 Å². The molecule has 1 N–H and O–H groups in total. The van der Waals surface area contributed by atoms with Crippen LogP contribution in [0, 0.1) is 6.92 Å². The van der Waals surface area contributed by atoms with Gasteiger partial charge in [-0.3, -0.25) is 0 Å². The van der Waals surface area contributed by atoms with Crippen LogP contribution in [0.3, 0.4) is 0 Å². The molecule has 0 unspecified atom stereocenters. The quantitative estimate of drug-likeness (QED) is 0.780. The van der Waals surface area contributed by atoms with Gasteiger partial charge >= 0.3 is 0 Å². The molecule has 1 aromatic rings. The largest absolute Gasteiger partial charge is 0.494 e. The zero-order valence-corrected chi connectivity index (χ0v) is 13.3.